The van der Waals surface area contributed by atoms with Crippen molar-refractivity contribution in [3.63, 3.8) is 0 Å². The van der Waals surface area contributed by atoms with Crippen molar-refractivity contribution < 1.29 is 9.47 Å². The first-order valence-electron chi connectivity index (χ1n) is 13.5. The molecule has 2 rings (SSSR count). The van der Waals surface area contributed by atoms with Crippen LogP contribution in [0.3, 0.4) is 0 Å². The standard InChI is InChI=1S/C28H50N2O2/c1-3-4-5-6-7-8-9-10-11-12-23-32-28-17-15-27(16-18-28)14-13-26(2)29-19-20-30-21-24-31-25-22-30/h15-18,26,29H,3-14,19-25H2,1-2H3. The highest BCUT2D eigenvalue weighted by Crippen LogP contribution is 2.15. The number of aryl methyl sites for hydroxylation is 1. The second kappa shape index (κ2) is 18.3. The Balaban J connectivity index is 1.43. The van der Waals surface area contributed by atoms with E-state index in [1.807, 2.05) is 0 Å². The molecule has 4 nitrogen and oxygen atoms in total. The summed E-state index contributed by atoms with van der Waals surface area (Å²) in [6.07, 6.45) is 15.9. The Morgan fingerprint density at radius 2 is 1.53 bits per heavy atom. The van der Waals surface area contributed by atoms with E-state index in [0.717, 1.165) is 58.2 Å². The predicted octanol–water partition coefficient (Wildman–Crippen LogP) is 6.23. The fraction of sp³-hybridized carbons (Fsp3) is 0.786. The lowest BCUT2D eigenvalue weighted by Gasteiger charge is -2.27. The molecule has 0 bridgehead atoms. The molecule has 0 radical (unpaired) electrons. The molecule has 1 saturated heterocycles. The van der Waals surface area contributed by atoms with Crippen LogP contribution in [0.4, 0.5) is 0 Å². The van der Waals surface area contributed by atoms with Crippen molar-refractivity contribution in [2.24, 2.45) is 0 Å². The van der Waals surface area contributed by atoms with E-state index in [-0.39, 0.29) is 0 Å². The summed E-state index contributed by atoms with van der Waals surface area (Å²) < 4.78 is 11.4. The highest BCUT2D eigenvalue weighted by atomic mass is 16.5. The number of nitrogens with zero attached hydrogens (tertiary/aromatic N) is 1. The van der Waals surface area contributed by atoms with Crippen molar-refractivity contribution in [2.75, 3.05) is 46.0 Å². The first kappa shape index (κ1) is 27.1. The maximum atomic E-state index is 5.94. The summed E-state index contributed by atoms with van der Waals surface area (Å²) in [4.78, 5) is 2.48. The van der Waals surface area contributed by atoms with E-state index >= 15 is 0 Å². The second-order valence-corrected chi connectivity index (χ2v) is 9.52. The predicted molar refractivity (Wildman–Crippen MR) is 137 cm³/mol. The zero-order chi connectivity index (χ0) is 22.7. The number of benzene rings is 1. The lowest BCUT2D eigenvalue weighted by Crippen LogP contribution is -2.41. The highest BCUT2D eigenvalue weighted by Gasteiger charge is 2.10. The van der Waals surface area contributed by atoms with Gasteiger partial charge in [-0.1, -0.05) is 76.8 Å². The minimum atomic E-state index is 0.545. The van der Waals surface area contributed by atoms with Crippen LogP contribution in [-0.4, -0.2) is 56.9 Å². The van der Waals surface area contributed by atoms with Gasteiger partial charge < -0.3 is 14.8 Å². The summed E-state index contributed by atoms with van der Waals surface area (Å²) >= 11 is 0. The molecular weight excluding hydrogens is 396 g/mol. The largest absolute Gasteiger partial charge is 0.494 e. The zero-order valence-corrected chi connectivity index (χ0v) is 21.1. The second-order valence-electron chi connectivity index (χ2n) is 9.52. The van der Waals surface area contributed by atoms with Crippen molar-refractivity contribution in [3.8, 4) is 5.75 Å². The highest BCUT2D eigenvalue weighted by molar-refractivity contribution is 5.27. The molecule has 1 aromatic rings. The van der Waals surface area contributed by atoms with Gasteiger partial charge in [-0.05, 0) is 43.9 Å². The Bertz CT molecular complexity index is 543. The van der Waals surface area contributed by atoms with Crippen LogP contribution in [0.25, 0.3) is 0 Å². The van der Waals surface area contributed by atoms with Crippen LogP contribution in [-0.2, 0) is 11.2 Å². The molecule has 0 saturated carbocycles. The molecule has 0 spiro atoms. The summed E-state index contributed by atoms with van der Waals surface area (Å²) in [5.41, 5.74) is 1.40. The fourth-order valence-corrected chi connectivity index (χ4v) is 4.31. The summed E-state index contributed by atoms with van der Waals surface area (Å²) in [5.74, 6) is 1.02. The number of hydrogen-bond donors (Lipinski definition) is 1. The molecule has 1 aromatic carbocycles. The number of hydrogen-bond acceptors (Lipinski definition) is 4. The molecule has 0 amide bonds. The maximum Gasteiger partial charge on any atom is 0.119 e. The Labute approximate surface area is 198 Å². The average molecular weight is 447 g/mol. The van der Waals surface area contributed by atoms with Gasteiger partial charge in [0.15, 0.2) is 0 Å². The minimum Gasteiger partial charge on any atom is -0.494 e. The fourth-order valence-electron chi connectivity index (χ4n) is 4.31. The van der Waals surface area contributed by atoms with E-state index in [0.29, 0.717) is 6.04 Å². The number of rotatable bonds is 19. The Morgan fingerprint density at radius 3 is 2.19 bits per heavy atom. The van der Waals surface area contributed by atoms with Gasteiger partial charge in [0.2, 0.25) is 0 Å². The Morgan fingerprint density at radius 1 is 0.906 bits per heavy atom. The first-order chi connectivity index (χ1) is 15.8. The molecule has 4 heteroatoms. The molecule has 1 aliphatic rings. The van der Waals surface area contributed by atoms with Crippen LogP contribution in [0.15, 0.2) is 24.3 Å². The van der Waals surface area contributed by atoms with Gasteiger partial charge in [0.05, 0.1) is 19.8 Å². The van der Waals surface area contributed by atoms with E-state index in [1.54, 1.807) is 0 Å². The van der Waals surface area contributed by atoms with Gasteiger partial charge in [-0.2, -0.15) is 0 Å². The lowest BCUT2D eigenvalue weighted by molar-refractivity contribution is 0.0381. The SMILES string of the molecule is CCCCCCCCCCCCOc1ccc(CCC(C)NCCN2CCOCC2)cc1. The quantitative estimate of drug-likeness (QED) is 0.255. The molecule has 1 atom stereocenters. The van der Waals surface area contributed by atoms with Gasteiger partial charge in [0.1, 0.15) is 5.75 Å². The molecule has 1 N–H and O–H groups in total. The van der Waals surface area contributed by atoms with E-state index in [4.69, 9.17) is 9.47 Å². The third kappa shape index (κ3) is 13.4. The third-order valence-electron chi connectivity index (χ3n) is 6.58. The molecule has 0 aromatic heterocycles. The van der Waals surface area contributed by atoms with Crippen LogP contribution >= 0.6 is 0 Å². The first-order valence-corrected chi connectivity index (χ1v) is 13.5. The molecule has 0 aliphatic carbocycles. The van der Waals surface area contributed by atoms with E-state index in [9.17, 15) is 0 Å². The monoisotopic (exact) mass is 446 g/mol. The van der Waals surface area contributed by atoms with Gasteiger partial charge in [-0.3, -0.25) is 4.90 Å². The van der Waals surface area contributed by atoms with Crippen LogP contribution in [0, 0.1) is 0 Å². The van der Waals surface area contributed by atoms with Gasteiger partial charge in [0.25, 0.3) is 0 Å². The van der Waals surface area contributed by atoms with Gasteiger partial charge in [0, 0.05) is 32.2 Å². The molecule has 1 fully saturated rings. The zero-order valence-electron chi connectivity index (χ0n) is 21.1. The van der Waals surface area contributed by atoms with E-state index in [2.05, 4.69) is 48.3 Å². The summed E-state index contributed by atoms with van der Waals surface area (Å²) in [5, 5.41) is 3.67. The Hall–Kier alpha value is -1.10. The van der Waals surface area contributed by atoms with Crippen molar-refractivity contribution in [1.82, 2.24) is 10.2 Å². The van der Waals surface area contributed by atoms with E-state index in [1.165, 1.54) is 76.2 Å². The number of morpholine rings is 1. The average Bonchev–Trinajstić information content (AvgIpc) is 2.82. The molecule has 184 valence electrons. The van der Waals surface area contributed by atoms with Crippen LogP contribution in [0.5, 0.6) is 5.75 Å². The number of nitrogens with one attached hydrogen (secondary N) is 1. The van der Waals surface area contributed by atoms with Crippen molar-refractivity contribution >= 4 is 0 Å². The summed E-state index contributed by atoms with van der Waals surface area (Å²) in [7, 11) is 0. The topological polar surface area (TPSA) is 33.7 Å². The Kier molecular flexibility index (Phi) is 15.6. The van der Waals surface area contributed by atoms with Crippen molar-refractivity contribution in [1.29, 1.82) is 0 Å². The van der Waals surface area contributed by atoms with Gasteiger partial charge in [-0.25, -0.2) is 0 Å². The minimum absolute atomic E-state index is 0.545. The summed E-state index contributed by atoms with van der Waals surface area (Å²) in [6.45, 7) is 11.5. The van der Waals surface area contributed by atoms with Crippen LogP contribution in [0.2, 0.25) is 0 Å². The molecule has 1 unspecified atom stereocenters. The molecular formula is C28H50N2O2. The van der Waals surface area contributed by atoms with E-state index < -0.39 is 0 Å². The molecule has 1 aliphatic heterocycles. The maximum absolute atomic E-state index is 5.94. The molecule has 1 heterocycles. The number of ether oxygens (including phenoxy) is 2. The van der Waals surface area contributed by atoms with Crippen LogP contribution < -0.4 is 10.1 Å². The van der Waals surface area contributed by atoms with Gasteiger partial charge in [-0.15, -0.1) is 0 Å². The van der Waals surface area contributed by atoms with Crippen molar-refractivity contribution in [2.45, 2.75) is 96.9 Å². The van der Waals surface area contributed by atoms with Gasteiger partial charge >= 0.3 is 0 Å². The smallest absolute Gasteiger partial charge is 0.119 e. The van der Waals surface area contributed by atoms with Crippen LogP contribution in [0.1, 0.15) is 90.0 Å². The summed E-state index contributed by atoms with van der Waals surface area (Å²) in [6, 6.07) is 9.29. The molecule has 32 heavy (non-hydrogen) atoms. The normalized spacial score (nSPS) is 15.7. The third-order valence-corrected chi connectivity index (χ3v) is 6.58. The van der Waals surface area contributed by atoms with Crippen molar-refractivity contribution in [3.05, 3.63) is 29.8 Å². The lowest BCUT2D eigenvalue weighted by atomic mass is 10.1. The number of unbranched alkanes of at least 4 members (excludes halogenated alkanes) is 9.